The van der Waals surface area contributed by atoms with Crippen LogP contribution in [-0.2, 0) is 10.0 Å². The number of hydrogen-bond donors (Lipinski definition) is 1. The minimum atomic E-state index is -4.24. The Morgan fingerprint density at radius 3 is 2.35 bits per heavy atom. The van der Waals surface area contributed by atoms with E-state index >= 15 is 0 Å². The summed E-state index contributed by atoms with van der Waals surface area (Å²) in [5.41, 5.74) is -0.233. The average Bonchev–Trinajstić information content (AvgIpc) is 2.58. The lowest BCUT2D eigenvalue weighted by Crippen LogP contribution is -2.46. The Balaban J connectivity index is 1.89. The van der Waals surface area contributed by atoms with Gasteiger partial charge in [-0.2, -0.15) is 0 Å². The van der Waals surface area contributed by atoms with Gasteiger partial charge in [-0.15, -0.1) is 0 Å². The molecule has 0 spiro atoms. The number of nitrogens with one attached hydrogen (secondary N) is 1. The third kappa shape index (κ3) is 5.01. The Kier molecular flexibility index (Phi) is 6.33. The molecule has 1 N–H and O–H groups in total. The van der Waals surface area contributed by atoms with E-state index in [0.717, 1.165) is 5.56 Å². The summed E-state index contributed by atoms with van der Waals surface area (Å²) in [5.74, 6) is 0.237. The highest BCUT2D eigenvalue weighted by Crippen LogP contribution is 2.40. The van der Waals surface area contributed by atoms with Gasteiger partial charge >= 0.3 is 0 Å². The minimum Gasteiger partial charge on any atom is -0.365 e. The summed E-state index contributed by atoms with van der Waals surface area (Å²) in [7, 11) is -4.24. The lowest BCUT2D eigenvalue weighted by atomic mass is 9.90. The first-order valence-corrected chi connectivity index (χ1v) is 11.3. The van der Waals surface area contributed by atoms with Crippen LogP contribution in [0, 0.1) is 17.0 Å². The second kappa shape index (κ2) is 8.51. The van der Waals surface area contributed by atoms with Crippen molar-refractivity contribution in [2.75, 3.05) is 18.0 Å². The van der Waals surface area contributed by atoms with Gasteiger partial charge in [0.1, 0.15) is 5.69 Å². The highest BCUT2D eigenvalue weighted by molar-refractivity contribution is 7.89. The number of alkyl halides is 2. The summed E-state index contributed by atoms with van der Waals surface area (Å²) in [6.45, 7) is 5.22. The largest absolute Gasteiger partial charge is 0.365 e. The summed E-state index contributed by atoms with van der Waals surface area (Å²) in [6.07, 6.45) is -3.38. The van der Waals surface area contributed by atoms with Crippen molar-refractivity contribution in [3.05, 3.63) is 63.7 Å². The van der Waals surface area contributed by atoms with E-state index in [4.69, 9.17) is 0 Å². The SMILES string of the molecule is Cc1c(S(=O)(=O)NC(C)(C)CC(F)F)ccc(N2CC(c3ccccc3)C2)c1[N+](=O)[O-]. The average molecular weight is 454 g/mol. The van der Waals surface area contributed by atoms with Crippen molar-refractivity contribution in [2.24, 2.45) is 0 Å². The van der Waals surface area contributed by atoms with Crippen molar-refractivity contribution in [3.8, 4) is 0 Å². The molecule has 1 aliphatic rings. The van der Waals surface area contributed by atoms with Gasteiger partial charge in [0.05, 0.1) is 9.82 Å². The molecule has 7 nitrogen and oxygen atoms in total. The van der Waals surface area contributed by atoms with E-state index in [1.807, 2.05) is 35.2 Å². The van der Waals surface area contributed by atoms with Gasteiger partial charge in [0.25, 0.3) is 5.69 Å². The Morgan fingerprint density at radius 2 is 1.81 bits per heavy atom. The summed E-state index contributed by atoms with van der Waals surface area (Å²) >= 11 is 0. The lowest BCUT2D eigenvalue weighted by Gasteiger charge is -2.41. The predicted molar refractivity (Wildman–Crippen MR) is 114 cm³/mol. The maximum Gasteiger partial charge on any atom is 0.296 e. The number of hydrogen-bond acceptors (Lipinski definition) is 5. The molecule has 31 heavy (non-hydrogen) atoms. The quantitative estimate of drug-likeness (QED) is 0.477. The second-order valence-corrected chi connectivity index (χ2v) is 10.1. The van der Waals surface area contributed by atoms with Crippen molar-refractivity contribution in [2.45, 2.75) is 50.0 Å². The molecule has 3 rings (SSSR count). The molecule has 2 aromatic carbocycles. The van der Waals surface area contributed by atoms with E-state index in [1.165, 1.54) is 32.9 Å². The lowest BCUT2D eigenvalue weighted by molar-refractivity contribution is -0.384. The fraction of sp³-hybridized carbons (Fsp3) is 0.429. The summed E-state index contributed by atoms with van der Waals surface area (Å²) in [4.78, 5) is 12.8. The Bertz CT molecular complexity index is 1070. The van der Waals surface area contributed by atoms with E-state index in [0.29, 0.717) is 18.8 Å². The van der Waals surface area contributed by atoms with E-state index in [1.54, 1.807) is 0 Å². The van der Waals surface area contributed by atoms with Crippen molar-refractivity contribution in [3.63, 3.8) is 0 Å². The van der Waals surface area contributed by atoms with E-state index in [-0.39, 0.29) is 22.1 Å². The van der Waals surface area contributed by atoms with Gasteiger partial charge in [-0.05, 0) is 38.5 Å². The van der Waals surface area contributed by atoms with Gasteiger partial charge in [0, 0.05) is 36.5 Å². The number of nitro benzene ring substituents is 1. The molecule has 0 saturated carbocycles. The third-order valence-electron chi connectivity index (χ3n) is 5.40. The van der Waals surface area contributed by atoms with Crippen molar-refractivity contribution in [1.29, 1.82) is 0 Å². The standard InChI is InChI=1S/C21H25F2N3O4S/c1-14-18(31(29,30)24-21(2,3)11-19(22)23)10-9-17(20(14)26(27)28)25-12-16(13-25)15-7-5-4-6-8-15/h4-10,16,19,24H,11-13H2,1-3H3. The number of halogens is 2. The fourth-order valence-electron chi connectivity index (χ4n) is 3.90. The fourth-order valence-corrected chi connectivity index (χ4v) is 5.57. The van der Waals surface area contributed by atoms with E-state index in [2.05, 4.69) is 4.72 Å². The van der Waals surface area contributed by atoms with Crippen LogP contribution in [-0.4, -0.2) is 38.4 Å². The number of rotatable bonds is 8. The van der Waals surface area contributed by atoms with Crippen LogP contribution in [0.3, 0.4) is 0 Å². The molecule has 0 unspecified atom stereocenters. The highest BCUT2D eigenvalue weighted by Gasteiger charge is 2.36. The molecule has 0 bridgehead atoms. The molecule has 2 aromatic rings. The van der Waals surface area contributed by atoms with Crippen LogP contribution in [0.2, 0.25) is 0 Å². The van der Waals surface area contributed by atoms with Crippen LogP contribution in [0.4, 0.5) is 20.2 Å². The minimum absolute atomic E-state index is 0.0222. The molecule has 0 atom stereocenters. The zero-order valence-corrected chi connectivity index (χ0v) is 18.3. The molecule has 1 heterocycles. The number of anilines is 1. The van der Waals surface area contributed by atoms with Gasteiger partial charge in [0.2, 0.25) is 16.4 Å². The Hall–Kier alpha value is -2.59. The molecular weight excluding hydrogens is 428 g/mol. The van der Waals surface area contributed by atoms with Crippen LogP contribution < -0.4 is 9.62 Å². The maximum absolute atomic E-state index is 12.8. The van der Waals surface area contributed by atoms with E-state index < -0.39 is 33.3 Å². The predicted octanol–water partition coefficient (Wildman–Crippen LogP) is 4.22. The van der Waals surface area contributed by atoms with E-state index in [9.17, 15) is 27.3 Å². The third-order valence-corrected chi connectivity index (χ3v) is 7.24. The first-order chi connectivity index (χ1) is 14.4. The number of benzene rings is 2. The normalized spacial score (nSPS) is 15.2. The van der Waals surface area contributed by atoms with Crippen LogP contribution in [0.15, 0.2) is 47.4 Å². The number of nitro groups is 1. The zero-order chi connectivity index (χ0) is 23.0. The second-order valence-electron chi connectivity index (χ2n) is 8.41. The smallest absolute Gasteiger partial charge is 0.296 e. The number of sulfonamides is 1. The molecule has 0 amide bonds. The topological polar surface area (TPSA) is 92.6 Å². The summed E-state index contributed by atoms with van der Waals surface area (Å²) in [6, 6.07) is 12.5. The molecule has 1 saturated heterocycles. The van der Waals surface area contributed by atoms with Gasteiger partial charge in [0.15, 0.2) is 0 Å². The van der Waals surface area contributed by atoms with Crippen molar-refractivity contribution < 1.29 is 22.1 Å². The first-order valence-electron chi connectivity index (χ1n) is 9.81. The van der Waals surface area contributed by atoms with Crippen LogP contribution in [0.5, 0.6) is 0 Å². The monoisotopic (exact) mass is 453 g/mol. The molecular formula is C21H25F2N3O4S. The van der Waals surface area contributed by atoms with Gasteiger partial charge in [-0.25, -0.2) is 21.9 Å². The summed E-state index contributed by atoms with van der Waals surface area (Å²) < 4.78 is 53.5. The molecule has 1 aliphatic heterocycles. The van der Waals surface area contributed by atoms with Crippen molar-refractivity contribution in [1.82, 2.24) is 4.72 Å². The van der Waals surface area contributed by atoms with Gasteiger partial charge in [-0.1, -0.05) is 30.3 Å². The van der Waals surface area contributed by atoms with Crippen LogP contribution in [0.1, 0.15) is 37.3 Å². The van der Waals surface area contributed by atoms with Crippen molar-refractivity contribution >= 4 is 21.4 Å². The maximum atomic E-state index is 12.8. The zero-order valence-electron chi connectivity index (χ0n) is 17.5. The molecule has 168 valence electrons. The first kappa shape index (κ1) is 23.1. The molecule has 0 aliphatic carbocycles. The molecule has 10 heteroatoms. The molecule has 0 radical (unpaired) electrons. The number of nitrogens with zero attached hydrogens (tertiary/aromatic N) is 2. The summed E-state index contributed by atoms with van der Waals surface area (Å²) in [5, 5.41) is 11.8. The highest BCUT2D eigenvalue weighted by atomic mass is 32.2. The molecule has 0 aromatic heterocycles. The van der Waals surface area contributed by atoms with Crippen LogP contribution in [0.25, 0.3) is 0 Å². The van der Waals surface area contributed by atoms with Crippen LogP contribution >= 0.6 is 0 Å². The van der Waals surface area contributed by atoms with Gasteiger partial charge in [-0.3, -0.25) is 10.1 Å². The Morgan fingerprint density at radius 1 is 1.19 bits per heavy atom. The van der Waals surface area contributed by atoms with Gasteiger partial charge < -0.3 is 4.90 Å². The molecule has 1 fully saturated rings. The Labute approximate surface area is 180 Å².